The number of hydrazine groups is 1. The predicted octanol–water partition coefficient (Wildman–Crippen LogP) is 3.77. The van der Waals surface area contributed by atoms with E-state index in [1.54, 1.807) is 24.1 Å². The van der Waals surface area contributed by atoms with Gasteiger partial charge in [0.25, 0.3) is 0 Å². The fraction of sp³-hybridized carbons (Fsp3) is 0.200. The van der Waals surface area contributed by atoms with E-state index in [0.717, 1.165) is 11.3 Å². The molecule has 1 saturated heterocycles. The van der Waals surface area contributed by atoms with Crippen LogP contribution in [-0.4, -0.2) is 25.5 Å². The number of hydrogen-bond donors (Lipinski definition) is 2. The summed E-state index contributed by atoms with van der Waals surface area (Å²) in [4.78, 5) is 26.8. The van der Waals surface area contributed by atoms with Crippen LogP contribution < -0.4 is 25.2 Å². The van der Waals surface area contributed by atoms with Gasteiger partial charge in [0.2, 0.25) is 11.8 Å². The molecule has 2 amide bonds. The van der Waals surface area contributed by atoms with E-state index in [-0.39, 0.29) is 18.2 Å². The number of para-hydroxylation sites is 2. The zero-order valence-corrected chi connectivity index (χ0v) is 17.8. The molecule has 4 rings (SSSR count). The molecular formula is C25H25N3O4. The molecule has 2 N–H and O–H groups in total. The molecule has 32 heavy (non-hydrogen) atoms. The Kier molecular flexibility index (Phi) is 6.55. The lowest BCUT2D eigenvalue weighted by atomic mass is 10.1. The van der Waals surface area contributed by atoms with Crippen LogP contribution in [0.3, 0.4) is 0 Å². The Hall–Kier alpha value is -4.00. The number of benzene rings is 3. The van der Waals surface area contributed by atoms with Gasteiger partial charge in [-0.1, -0.05) is 42.5 Å². The van der Waals surface area contributed by atoms with Crippen LogP contribution in [0, 0.1) is 5.92 Å². The molecule has 0 aliphatic carbocycles. The lowest BCUT2D eigenvalue weighted by molar-refractivity contribution is -0.125. The highest BCUT2D eigenvalue weighted by molar-refractivity contribution is 6.00. The third kappa shape index (κ3) is 5.00. The molecule has 7 heteroatoms. The first kappa shape index (κ1) is 21.2. The van der Waals surface area contributed by atoms with E-state index in [9.17, 15) is 9.59 Å². The van der Waals surface area contributed by atoms with Crippen LogP contribution in [-0.2, 0) is 16.2 Å². The van der Waals surface area contributed by atoms with E-state index in [1.165, 1.54) is 0 Å². The fourth-order valence-electron chi connectivity index (χ4n) is 3.56. The largest absolute Gasteiger partial charge is 0.497 e. The Morgan fingerprint density at radius 1 is 1.00 bits per heavy atom. The molecule has 0 aromatic heterocycles. The van der Waals surface area contributed by atoms with Crippen molar-refractivity contribution in [2.24, 2.45) is 5.92 Å². The van der Waals surface area contributed by atoms with Gasteiger partial charge in [0, 0.05) is 18.7 Å². The highest BCUT2D eigenvalue weighted by Gasteiger charge is 2.35. The van der Waals surface area contributed by atoms with Gasteiger partial charge in [-0.3, -0.25) is 20.4 Å². The summed E-state index contributed by atoms with van der Waals surface area (Å²) in [7, 11) is 1.59. The quantitative estimate of drug-likeness (QED) is 0.531. The minimum absolute atomic E-state index is 0.0816. The molecule has 1 aliphatic heterocycles. The first-order valence-electron chi connectivity index (χ1n) is 10.4. The highest BCUT2D eigenvalue weighted by Crippen LogP contribution is 2.28. The zero-order valence-electron chi connectivity index (χ0n) is 17.8. The summed E-state index contributed by atoms with van der Waals surface area (Å²) in [6.45, 7) is 0.742. The molecule has 3 aromatic rings. The van der Waals surface area contributed by atoms with Crippen LogP contribution in [0.5, 0.6) is 11.5 Å². The van der Waals surface area contributed by atoms with Gasteiger partial charge in [-0.05, 0) is 42.0 Å². The van der Waals surface area contributed by atoms with Crippen molar-refractivity contribution in [3.63, 3.8) is 0 Å². The lowest BCUT2D eigenvalue weighted by Gasteiger charge is -2.18. The van der Waals surface area contributed by atoms with E-state index in [2.05, 4.69) is 10.9 Å². The van der Waals surface area contributed by atoms with Gasteiger partial charge in [0.1, 0.15) is 18.1 Å². The first-order chi connectivity index (χ1) is 15.6. The smallest absolute Gasteiger partial charge is 0.243 e. The van der Waals surface area contributed by atoms with Crippen LogP contribution in [0.15, 0.2) is 78.9 Å². The van der Waals surface area contributed by atoms with Crippen molar-refractivity contribution >= 4 is 23.2 Å². The maximum Gasteiger partial charge on any atom is 0.243 e. The molecule has 164 valence electrons. The van der Waals surface area contributed by atoms with Gasteiger partial charge in [0.05, 0.1) is 18.7 Å². The van der Waals surface area contributed by atoms with Crippen LogP contribution >= 0.6 is 0 Å². The standard InChI is InChI=1S/C25H25N3O4/c1-31-21-13-11-20(12-14-21)28-16-19(15-24(28)29)25(30)27-26-22-9-5-6-10-23(22)32-17-18-7-3-2-4-8-18/h2-14,19,26H,15-17H2,1H3,(H,27,30)/t19-/m1/s1. The summed E-state index contributed by atoms with van der Waals surface area (Å²) < 4.78 is 11.1. The molecular weight excluding hydrogens is 406 g/mol. The second-order valence-corrected chi connectivity index (χ2v) is 7.49. The summed E-state index contributed by atoms with van der Waals surface area (Å²) in [5, 5.41) is 0. The number of amides is 2. The third-order valence-corrected chi connectivity index (χ3v) is 5.32. The van der Waals surface area contributed by atoms with Crippen molar-refractivity contribution in [2.75, 3.05) is 24.0 Å². The second kappa shape index (κ2) is 9.87. The van der Waals surface area contributed by atoms with Crippen LogP contribution in [0.1, 0.15) is 12.0 Å². The van der Waals surface area contributed by atoms with Crippen molar-refractivity contribution in [1.82, 2.24) is 5.43 Å². The normalized spacial score (nSPS) is 15.3. The molecule has 0 unspecified atom stereocenters. The van der Waals surface area contributed by atoms with Crippen LogP contribution in [0.4, 0.5) is 11.4 Å². The van der Waals surface area contributed by atoms with Gasteiger partial charge in [-0.2, -0.15) is 0 Å². The molecule has 1 heterocycles. The minimum atomic E-state index is -0.450. The van der Waals surface area contributed by atoms with Crippen molar-refractivity contribution < 1.29 is 19.1 Å². The molecule has 0 bridgehead atoms. The number of nitrogens with zero attached hydrogens (tertiary/aromatic N) is 1. The van der Waals surface area contributed by atoms with Crippen molar-refractivity contribution in [3.05, 3.63) is 84.4 Å². The minimum Gasteiger partial charge on any atom is -0.497 e. The summed E-state index contributed by atoms with van der Waals surface area (Å²) in [6, 6.07) is 24.5. The third-order valence-electron chi connectivity index (χ3n) is 5.32. The summed E-state index contributed by atoms with van der Waals surface area (Å²) >= 11 is 0. The number of nitrogens with one attached hydrogen (secondary N) is 2. The van der Waals surface area contributed by atoms with Gasteiger partial charge < -0.3 is 14.4 Å². The molecule has 0 spiro atoms. The molecule has 0 saturated carbocycles. The average Bonchev–Trinajstić information content (AvgIpc) is 3.24. The van der Waals surface area contributed by atoms with Gasteiger partial charge >= 0.3 is 0 Å². The lowest BCUT2D eigenvalue weighted by Crippen LogP contribution is -2.36. The maximum atomic E-state index is 12.7. The number of hydrogen-bond acceptors (Lipinski definition) is 5. The van der Waals surface area contributed by atoms with Crippen molar-refractivity contribution in [3.8, 4) is 11.5 Å². The van der Waals surface area contributed by atoms with Crippen molar-refractivity contribution in [1.29, 1.82) is 0 Å². The van der Waals surface area contributed by atoms with E-state index in [4.69, 9.17) is 9.47 Å². The van der Waals surface area contributed by atoms with Gasteiger partial charge in [0.15, 0.2) is 0 Å². The van der Waals surface area contributed by atoms with Crippen molar-refractivity contribution in [2.45, 2.75) is 13.0 Å². The van der Waals surface area contributed by atoms with E-state index in [1.807, 2.05) is 66.7 Å². The van der Waals surface area contributed by atoms with E-state index in [0.29, 0.717) is 30.3 Å². The summed E-state index contributed by atoms with van der Waals surface area (Å²) in [5.74, 6) is 0.565. The summed E-state index contributed by atoms with van der Waals surface area (Å²) in [6.07, 6.45) is 0.158. The highest BCUT2D eigenvalue weighted by atomic mass is 16.5. The zero-order chi connectivity index (χ0) is 22.3. The Morgan fingerprint density at radius 3 is 2.47 bits per heavy atom. The Bertz CT molecular complexity index is 1070. The molecule has 3 aromatic carbocycles. The monoisotopic (exact) mass is 431 g/mol. The molecule has 0 radical (unpaired) electrons. The second-order valence-electron chi connectivity index (χ2n) is 7.49. The first-order valence-corrected chi connectivity index (χ1v) is 10.4. The number of methoxy groups -OCH3 is 1. The maximum absolute atomic E-state index is 12.7. The number of carbonyl (C=O) groups is 2. The molecule has 1 atom stereocenters. The van der Waals surface area contributed by atoms with Gasteiger partial charge in [-0.25, -0.2) is 0 Å². The van der Waals surface area contributed by atoms with Crippen LogP contribution in [0.2, 0.25) is 0 Å². The van der Waals surface area contributed by atoms with E-state index < -0.39 is 5.92 Å². The summed E-state index contributed by atoms with van der Waals surface area (Å²) in [5.41, 5.74) is 8.11. The number of ether oxygens (including phenoxy) is 2. The molecule has 7 nitrogen and oxygen atoms in total. The Morgan fingerprint density at radius 2 is 1.72 bits per heavy atom. The van der Waals surface area contributed by atoms with Crippen LogP contribution in [0.25, 0.3) is 0 Å². The Balaban J connectivity index is 1.34. The number of carbonyl (C=O) groups excluding carboxylic acids is 2. The van der Waals surface area contributed by atoms with E-state index >= 15 is 0 Å². The van der Waals surface area contributed by atoms with Gasteiger partial charge in [-0.15, -0.1) is 0 Å². The molecule has 1 fully saturated rings. The SMILES string of the molecule is COc1ccc(N2C[C@H](C(=O)NNc3ccccc3OCc3ccccc3)CC2=O)cc1. The topological polar surface area (TPSA) is 79.9 Å². The average molecular weight is 431 g/mol. The predicted molar refractivity (Wildman–Crippen MR) is 122 cm³/mol. The Labute approximate surface area is 186 Å². The number of rotatable bonds is 8. The fourth-order valence-corrected chi connectivity index (χ4v) is 3.56. The molecule has 1 aliphatic rings. The number of anilines is 2.